The van der Waals surface area contributed by atoms with Crippen molar-refractivity contribution in [1.29, 1.82) is 0 Å². The van der Waals surface area contributed by atoms with Crippen LogP contribution in [0.3, 0.4) is 0 Å². The predicted octanol–water partition coefficient (Wildman–Crippen LogP) is 4.04. The lowest BCUT2D eigenvalue weighted by Crippen LogP contribution is -2.22. The van der Waals surface area contributed by atoms with Crippen molar-refractivity contribution in [1.82, 2.24) is 4.98 Å². The van der Waals surface area contributed by atoms with E-state index < -0.39 is 0 Å². The highest BCUT2D eigenvalue weighted by Crippen LogP contribution is 2.22. The number of hydrogen-bond acceptors (Lipinski definition) is 4. The van der Waals surface area contributed by atoms with Gasteiger partial charge in [-0.05, 0) is 49.2 Å². The quantitative estimate of drug-likeness (QED) is 0.758. The van der Waals surface area contributed by atoms with Crippen molar-refractivity contribution >= 4 is 28.9 Å². The van der Waals surface area contributed by atoms with E-state index in [1.807, 2.05) is 6.07 Å². The number of amides is 2. The van der Waals surface area contributed by atoms with Gasteiger partial charge in [-0.2, -0.15) is 0 Å². The van der Waals surface area contributed by atoms with Gasteiger partial charge < -0.3 is 16.0 Å². The van der Waals surface area contributed by atoms with Gasteiger partial charge in [0.2, 0.25) is 5.91 Å². The molecule has 3 rings (SSSR count). The van der Waals surface area contributed by atoms with Gasteiger partial charge >= 0.3 is 0 Å². The first kappa shape index (κ1) is 17.9. The lowest BCUT2D eigenvalue weighted by molar-refractivity contribution is -0.114. The first-order chi connectivity index (χ1) is 12.6. The van der Waals surface area contributed by atoms with Gasteiger partial charge in [0, 0.05) is 36.2 Å². The molecule has 3 N–H and O–H groups in total. The number of nitrogens with zero attached hydrogens (tertiary/aromatic N) is 1. The molecule has 0 radical (unpaired) electrons. The van der Waals surface area contributed by atoms with E-state index in [9.17, 15) is 9.59 Å². The minimum Gasteiger partial charge on any atom is -0.382 e. The van der Waals surface area contributed by atoms with Crippen molar-refractivity contribution in [3.8, 4) is 0 Å². The second-order valence-corrected chi connectivity index (χ2v) is 6.62. The molecular formula is C20H24N4O2. The zero-order chi connectivity index (χ0) is 18.4. The highest BCUT2D eigenvalue weighted by molar-refractivity contribution is 6.03. The maximum atomic E-state index is 12.5. The van der Waals surface area contributed by atoms with Crippen LogP contribution in [0.2, 0.25) is 0 Å². The lowest BCUT2D eigenvalue weighted by atomic mass is 9.95. The Balaban J connectivity index is 1.62. The predicted molar refractivity (Wildman–Crippen MR) is 103 cm³/mol. The second-order valence-electron chi connectivity index (χ2n) is 6.62. The molecule has 6 nitrogen and oxygen atoms in total. The summed E-state index contributed by atoms with van der Waals surface area (Å²) in [7, 11) is 0. The standard InChI is InChI=1S/C20H24N4O2/c1-14(25)22-16-7-9-17(10-8-16)24-20(26)19-13-18(11-12-21-19)23-15-5-3-2-4-6-15/h7-13,15H,2-6H2,1H3,(H,21,23)(H,22,25)(H,24,26). The average molecular weight is 352 g/mol. The molecule has 6 heteroatoms. The summed E-state index contributed by atoms with van der Waals surface area (Å²) in [5, 5.41) is 9.02. The molecule has 0 unspecified atom stereocenters. The minimum absolute atomic E-state index is 0.131. The maximum absolute atomic E-state index is 12.5. The van der Waals surface area contributed by atoms with Gasteiger partial charge in [0.15, 0.2) is 0 Å². The van der Waals surface area contributed by atoms with Crippen LogP contribution < -0.4 is 16.0 Å². The summed E-state index contributed by atoms with van der Waals surface area (Å²) in [6, 6.07) is 11.1. The first-order valence-electron chi connectivity index (χ1n) is 9.02. The van der Waals surface area contributed by atoms with Crippen LogP contribution in [0.5, 0.6) is 0 Å². The minimum atomic E-state index is -0.260. The van der Waals surface area contributed by atoms with Crippen molar-refractivity contribution in [2.75, 3.05) is 16.0 Å². The van der Waals surface area contributed by atoms with Gasteiger partial charge in [0.05, 0.1) is 0 Å². The molecule has 0 aliphatic heterocycles. The smallest absolute Gasteiger partial charge is 0.274 e. The molecule has 1 aromatic heterocycles. The van der Waals surface area contributed by atoms with Crippen molar-refractivity contribution in [2.24, 2.45) is 0 Å². The topological polar surface area (TPSA) is 83.1 Å². The Labute approximate surface area is 153 Å². The summed E-state index contributed by atoms with van der Waals surface area (Å²) in [6.45, 7) is 1.45. The molecule has 26 heavy (non-hydrogen) atoms. The molecule has 1 heterocycles. The van der Waals surface area contributed by atoms with Crippen LogP contribution >= 0.6 is 0 Å². The van der Waals surface area contributed by atoms with E-state index >= 15 is 0 Å². The third kappa shape index (κ3) is 5.05. The molecule has 136 valence electrons. The molecule has 1 fully saturated rings. The van der Waals surface area contributed by atoms with Crippen LogP contribution in [-0.2, 0) is 4.79 Å². The Kier molecular flexibility index (Phi) is 5.84. The zero-order valence-electron chi connectivity index (χ0n) is 14.9. The lowest BCUT2D eigenvalue weighted by Gasteiger charge is -2.23. The number of nitrogens with one attached hydrogen (secondary N) is 3. The van der Waals surface area contributed by atoms with E-state index in [0.29, 0.717) is 23.1 Å². The monoisotopic (exact) mass is 352 g/mol. The normalized spacial score (nSPS) is 14.5. The Hall–Kier alpha value is -2.89. The Morgan fingerprint density at radius 1 is 0.923 bits per heavy atom. The third-order valence-electron chi connectivity index (χ3n) is 4.43. The van der Waals surface area contributed by atoms with Crippen LogP contribution in [0, 0.1) is 0 Å². The number of hydrogen-bond donors (Lipinski definition) is 3. The van der Waals surface area contributed by atoms with Crippen molar-refractivity contribution < 1.29 is 9.59 Å². The summed E-state index contributed by atoms with van der Waals surface area (Å²) in [5.41, 5.74) is 2.64. The maximum Gasteiger partial charge on any atom is 0.274 e. The van der Waals surface area contributed by atoms with Crippen molar-refractivity contribution in [3.05, 3.63) is 48.3 Å². The highest BCUT2D eigenvalue weighted by atomic mass is 16.2. The van der Waals surface area contributed by atoms with Crippen LogP contribution in [0.15, 0.2) is 42.6 Å². The van der Waals surface area contributed by atoms with E-state index in [1.54, 1.807) is 36.5 Å². The van der Waals surface area contributed by atoms with Crippen LogP contribution in [0.1, 0.15) is 49.5 Å². The second kappa shape index (κ2) is 8.47. The number of carbonyl (C=O) groups is 2. The molecule has 1 aliphatic rings. The van der Waals surface area contributed by atoms with Gasteiger partial charge in [-0.3, -0.25) is 14.6 Å². The zero-order valence-corrected chi connectivity index (χ0v) is 14.9. The van der Waals surface area contributed by atoms with Crippen LogP contribution in [0.4, 0.5) is 17.1 Å². The van der Waals surface area contributed by atoms with E-state index in [0.717, 1.165) is 5.69 Å². The molecule has 0 spiro atoms. The Morgan fingerprint density at radius 3 is 2.23 bits per heavy atom. The van der Waals surface area contributed by atoms with Gasteiger partial charge in [0.1, 0.15) is 5.69 Å². The fourth-order valence-corrected chi connectivity index (χ4v) is 3.16. The summed E-state index contributed by atoms with van der Waals surface area (Å²) < 4.78 is 0. The Morgan fingerprint density at radius 2 is 1.58 bits per heavy atom. The van der Waals surface area contributed by atoms with E-state index in [1.165, 1.54) is 39.0 Å². The first-order valence-corrected chi connectivity index (χ1v) is 9.02. The molecule has 1 saturated carbocycles. The molecule has 0 atom stereocenters. The molecule has 1 aromatic carbocycles. The van der Waals surface area contributed by atoms with Crippen LogP contribution in [0.25, 0.3) is 0 Å². The fourth-order valence-electron chi connectivity index (χ4n) is 3.16. The van der Waals surface area contributed by atoms with Crippen molar-refractivity contribution in [2.45, 2.75) is 45.1 Å². The summed E-state index contributed by atoms with van der Waals surface area (Å²) >= 11 is 0. The van der Waals surface area contributed by atoms with Crippen LogP contribution in [-0.4, -0.2) is 22.8 Å². The number of carbonyl (C=O) groups excluding carboxylic acids is 2. The van der Waals surface area contributed by atoms with E-state index in [2.05, 4.69) is 20.9 Å². The van der Waals surface area contributed by atoms with E-state index in [4.69, 9.17) is 0 Å². The largest absolute Gasteiger partial charge is 0.382 e. The molecular weight excluding hydrogens is 328 g/mol. The number of rotatable bonds is 5. The molecule has 1 aliphatic carbocycles. The van der Waals surface area contributed by atoms with E-state index in [-0.39, 0.29) is 11.8 Å². The molecule has 0 saturated heterocycles. The number of pyridine rings is 1. The average Bonchev–Trinajstić information content (AvgIpc) is 2.64. The van der Waals surface area contributed by atoms with Crippen molar-refractivity contribution in [3.63, 3.8) is 0 Å². The van der Waals surface area contributed by atoms with Gasteiger partial charge in [-0.25, -0.2) is 0 Å². The SMILES string of the molecule is CC(=O)Nc1ccc(NC(=O)c2cc(NC3CCCCC3)ccn2)cc1. The van der Waals surface area contributed by atoms with Gasteiger partial charge in [-0.1, -0.05) is 19.3 Å². The number of aromatic nitrogens is 1. The third-order valence-corrected chi connectivity index (χ3v) is 4.43. The molecule has 2 amide bonds. The van der Waals surface area contributed by atoms with Gasteiger partial charge in [0.25, 0.3) is 5.91 Å². The van der Waals surface area contributed by atoms with Gasteiger partial charge in [-0.15, -0.1) is 0 Å². The molecule has 0 bridgehead atoms. The molecule has 2 aromatic rings. The number of anilines is 3. The fraction of sp³-hybridized carbons (Fsp3) is 0.350. The summed E-state index contributed by atoms with van der Waals surface area (Å²) in [4.78, 5) is 27.7. The number of benzene rings is 1. The summed E-state index contributed by atoms with van der Waals surface area (Å²) in [6.07, 6.45) is 7.81. The summed E-state index contributed by atoms with van der Waals surface area (Å²) in [5.74, 6) is -0.391. The Bertz CT molecular complexity index is 768. The highest BCUT2D eigenvalue weighted by Gasteiger charge is 2.14.